The van der Waals surface area contributed by atoms with Crippen LogP contribution in [0.5, 0.6) is 0 Å². The largest absolute Gasteiger partial charge is 0.294 e. The first-order chi connectivity index (χ1) is 4.16. The average Bonchev–Trinajstić information content (AvgIpc) is 1.83. The van der Waals surface area contributed by atoms with Crippen LogP contribution in [0.1, 0.15) is 34.1 Å². The van der Waals surface area contributed by atoms with Crippen molar-refractivity contribution >= 4 is 6.21 Å². The minimum Gasteiger partial charge on any atom is -0.294 e. The molecule has 1 atom stereocenters. The maximum Gasteiger partial charge on any atom is 0.0465 e. The molecule has 0 saturated heterocycles. The molecule has 0 radical (unpaired) electrons. The van der Waals surface area contributed by atoms with Gasteiger partial charge in [-0.15, -0.1) is 0 Å². The molecular weight excluding hydrogens is 110 g/mol. The fourth-order valence-electron chi connectivity index (χ4n) is 0.424. The van der Waals surface area contributed by atoms with Gasteiger partial charge < -0.3 is 0 Å². The van der Waals surface area contributed by atoms with E-state index in [1.54, 1.807) is 0 Å². The molecule has 0 aliphatic heterocycles. The molecule has 54 valence electrons. The van der Waals surface area contributed by atoms with E-state index in [0.29, 0.717) is 12.0 Å². The third-order valence-electron chi connectivity index (χ3n) is 1.23. The van der Waals surface area contributed by atoms with E-state index in [0.717, 1.165) is 6.42 Å². The lowest BCUT2D eigenvalue weighted by Crippen LogP contribution is -1.97. The van der Waals surface area contributed by atoms with E-state index in [1.807, 2.05) is 6.21 Å². The molecule has 0 aromatic heterocycles. The van der Waals surface area contributed by atoms with E-state index in [-0.39, 0.29) is 0 Å². The second-order valence-electron chi connectivity index (χ2n) is 2.80. The molecule has 0 heterocycles. The lowest BCUT2D eigenvalue weighted by atomic mass is 10.2. The SMILES string of the molecule is CCC(C)N=CC(C)C. The zero-order valence-electron chi connectivity index (χ0n) is 6.89. The highest BCUT2D eigenvalue weighted by Gasteiger charge is 1.91. The van der Waals surface area contributed by atoms with Crippen LogP contribution in [-0.4, -0.2) is 12.3 Å². The molecule has 9 heavy (non-hydrogen) atoms. The highest BCUT2D eigenvalue weighted by atomic mass is 14.7. The summed E-state index contributed by atoms with van der Waals surface area (Å²) < 4.78 is 0. The molecule has 0 spiro atoms. The number of rotatable bonds is 3. The van der Waals surface area contributed by atoms with Gasteiger partial charge in [-0.1, -0.05) is 20.8 Å². The molecule has 0 aromatic carbocycles. The van der Waals surface area contributed by atoms with Crippen molar-refractivity contribution in [3.05, 3.63) is 0 Å². The van der Waals surface area contributed by atoms with Crippen molar-refractivity contribution in [1.29, 1.82) is 0 Å². The van der Waals surface area contributed by atoms with E-state index in [2.05, 4.69) is 32.7 Å². The van der Waals surface area contributed by atoms with Crippen LogP contribution in [0.25, 0.3) is 0 Å². The second-order valence-corrected chi connectivity index (χ2v) is 2.80. The van der Waals surface area contributed by atoms with Gasteiger partial charge in [-0.3, -0.25) is 4.99 Å². The van der Waals surface area contributed by atoms with Crippen LogP contribution in [-0.2, 0) is 0 Å². The number of nitrogens with zero attached hydrogens (tertiary/aromatic N) is 1. The summed E-state index contributed by atoms with van der Waals surface area (Å²) in [6.07, 6.45) is 3.16. The van der Waals surface area contributed by atoms with Crippen LogP contribution in [0.3, 0.4) is 0 Å². The third-order valence-corrected chi connectivity index (χ3v) is 1.23. The topological polar surface area (TPSA) is 12.4 Å². The van der Waals surface area contributed by atoms with Crippen LogP contribution in [0.15, 0.2) is 4.99 Å². The van der Waals surface area contributed by atoms with E-state index in [4.69, 9.17) is 0 Å². The summed E-state index contributed by atoms with van der Waals surface area (Å²) in [6, 6.07) is 0.507. The van der Waals surface area contributed by atoms with E-state index in [1.165, 1.54) is 0 Å². The highest BCUT2D eigenvalue weighted by molar-refractivity contribution is 5.59. The Bertz CT molecular complexity index is 84.6. The van der Waals surface area contributed by atoms with Gasteiger partial charge in [0.1, 0.15) is 0 Å². The summed E-state index contributed by atoms with van der Waals surface area (Å²) in [6.45, 7) is 8.58. The third kappa shape index (κ3) is 5.54. The summed E-state index contributed by atoms with van der Waals surface area (Å²) in [5.41, 5.74) is 0. The van der Waals surface area contributed by atoms with Crippen molar-refractivity contribution in [3.63, 3.8) is 0 Å². The normalized spacial score (nSPS) is 15.2. The van der Waals surface area contributed by atoms with Crippen molar-refractivity contribution in [3.8, 4) is 0 Å². The first kappa shape index (κ1) is 8.67. The zero-order valence-corrected chi connectivity index (χ0v) is 6.89. The molecule has 1 nitrogen and oxygen atoms in total. The second kappa shape index (κ2) is 4.54. The molecule has 0 N–H and O–H groups in total. The fourth-order valence-corrected chi connectivity index (χ4v) is 0.424. The fraction of sp³-hybridized carbons (Fsp3) is 0.875. The Labute approximate surface area is 58.2 Å². The molecule has 0 aliphatic rings. The van der Waals surface area contributed by atoms with Gasteiger partial charge in [-0.2, -0.15) is 0 Å². The van der Waals surface area contributed by atoms with Gasteiger partial charge in [0.05, 0.1) is 0 Å². The molecule has 0 aromatic rings. The minimum absolute atomic E-state index is 0.507. The van der Waals surface area contributed by atoms with Crippen LogP contribution in [0.4, 0.5) is 0 Å². The van der Waals surface area contributed by atoms with Gasteiger partial charge in [-0.05, 0) is 19.3 Å². The quantitative estimate of drug-likeness (QED) is 0.516. The van der Waals surface area contributed by atoms with Crippen LogP contribution in [0, 0.1) is 5.92 Å². The molecule has 0 fully saturated rings. The number of hydrogen-bond donors (Lipinski definition) is 0. The van der Waals surface area contributed by atoms with Gasteiger partial charge in [0.15, 0.2) is 0 Å². The first-order valence-corrected chi connectivity index (χ1v) is 3.70. The zero-order chi connectivity index (χ0) is 7.28. The van der Waals surface area contributed by atoms with E-state index >= 15 is 0 Å². The van der Waals surface area contributed by atoms with Crippen molar-refractivity contribution in [2.45, 2.75) is 40.2 Å². The van der Waals surface area contributed by atoms with Crippen LogP contribution >= 0.6 is 0 Å². The maximum atomic E-state index is 4.32. The smallest absolute Gasteiger partial charge is 0.0465 e. The molecule has 0 saturated carbocycles. The lowest BCUT2D eigenvalue weighted by Gasteiger charge is -2.00. The van der Waals surface area contributed by atoms with Gasteiger partial charge >= 0.3 is 0 Å². The Hall–Kier alpha value is -0.330. The van der Waals surface area contributed by atoms with E-state index < -0.39 is 0 Å². The lowest BCUT2D eigenvalue weighted by molar-refractivity contribution is 0.711. The van der Waals surface area contributed by atoms with Crippen LogP contribution in [0.2, 0.25) is 0 Å². The Morgan fingerprint density at radius 2 is 1.89 bits per heavy atom. The van der Waals surface area contributed by atoms with Crippen molar-refractivity contribution in [1.82, 2.24) is 0 Å². The molecule has 1 unspecified atom stereocenters. The van der Waals surface area contributed by atoms with Crippen molar-refractivity contribution < 1.29 is 0 Å². The number of hydrogen-bond acceptors (Lipinski definition) is 1. The Morgan fingerprint density at radius 3 is 2.22 bits per heavy atom. The Morgan fingerprint density at radius 1 is 1.33 bits per heavy atom. The minimum atomic E-state index is 0.507. The highest BCUT2D eigenvalue weighted by Crippen LogP contribution is 1.95. The Kier molecular flexibility index (Phi) is 4.37. The summed E-state index contributed by atoms with van der Waals surface area (Å²) in [5.74, 6) is 0.596. The standard InChI is InChI=1S/C8H17N/c1-5-8(4)9-6-7(2)3/h6-8H,5H2,1-4H3. The van der Waals surface area contributed by atoms with Crippen molar-refractivity contribution in [2.75, 3.05) is 0 Å². The summed E-state index contributed by atoms with van der Waals surface area (Å²) in [5, 5.41) is 0. The van der Waals surface area contributed by atoms with E-state index in [9.17, 15) is 0 Å². The first-order valence-electron chi connectivity index (χ1n) is 3.70. The van der Waals surface area contributed by atoms with Gasteiger partial charge in [-0.25, -0.2) is 0 Å². The van der Waals surface area contributed by atoms with Gasteiger partial charge in [0.2, 0.25) is 0 Å². The summed E-state index contributed by atoms with van der Waals surface area (Å²) >= 11 is 0. The van der Waals surface area contributed by atoms with Gasteiger partial charge in [0, 0.05) is 12.3 Å². The maximum absolute atomic E-state index is 4.32. The monoisotopic (exact) mass is 127 g/mol. The Balaban J connectivity index is 3.43. The predicted octanol–water partition coefficient (Wildman–Crippen LogP) is 2.51. The summed E-state index contributed by atoms with van der Waals surface area (Å²) in [7, 11) is 0. The molecule has 0 bridgehead atoms. The molecule has 0 rings (SSSR count). The summed E-state index contributed by atoms with van der Waals surface area (Å²) in [4.78, 5) is 4.32. The molecule has 1 heteroatoms. The van der Waals surface area contributed by atoms with Gasteiger partial charge in [0.25, 0.3) is 0 Å². The molecular formula is C8H17N. The predicted molar refractivity (Wildman–Crippen MR) is 43.1 cm³/mol. The molecule has 0 aliphatic carbocycles. The molecule has 0 amide bonds. The van der Waals surface area contributed by atoms with Crippen molar-refractivity contribution in [2.24, 2.45) is 10.9 Å². The number of aliphatic imine (C=N–C) groups is 1. The average molecular weight is 127 g/mol. The van der Waals surface area contributed by atoms with Crippen LogP contribution < -0.4 is 0 Å².